The Bertz CT molecular complexity index is 521. The Balaban J connectivity index is 2.95. The van der Waals surface area contributed by atoms with Gasteiger partial charge in [-0.05, 0) is 12.2 Å². The van der Waals surface area contributed by atoms with Gasteiger partial charge in [-0.25, -0.2) is 4.79 Å². The van der Waals surface area contributed by atoms with Crippen LogP contribution in [0.1, 0.15) is 0 Å². The minimum atomic E-state index is -4.87. The maximum absolute atomic E-state index is 12.9. The second-order valence-corrected chi connectivity index (χ2v) is 5.52. The first-order valence-electron chi connectivity index (χ1n) is 5.31. The minimum absolute atomic E-state index is 0.218. The number of carbonyl (C=O) groups excluding carboxylic acids is 2. The Labute approximate surface area is 132 Å². The molecule has 0 saturated carbocycles. The Hall–Kier alpha value is -1.12. The molecule has 0 aromatic heterocycles. The van der Waals surface area contributed by atoms with Crippen LogP contribution in [0.25, 0.3) is 0 Å². The summed E-state index contributed by atoms with van der Waals surface area (Å²) in [4.78, 5) is 19.0. The van der Waals surface area contributed by atoms with Crippen LogP contribution in [-0.2, 0) is 4.79 Å². The lowest BCUT2D eigenvalue weighted by atomic mass is 9.96. The van der Waals surface area contributed by atoms with Crippen molar-refractivity contribution in [2.45, 2.75) is 16.4 Å². The minimum Gasteiger partial charge on any atom is -0.368 e. The lowest BCUT2D eigenvalue weighted by molar-refractivity contribution is -0.149. The van der Waals surface area contributed by atoms with E-state index in [0.29, 0.717) is 6.08 Å². The first kappa shape index (κ1) is 17.9. The van der Waals surface area contributed by atoms with Gasteiger partial charge in [0.15, 0.2) is 4.87 Å². The van der Waals surface area contributed by atoms with E-state index in [9.17, 15) is 22.8 Å². The second kappa shape index (κ2) is 6.33. The van der Waals surface area contributed by atoms with Gasteiger partial charge >= 0.3 is 12.2 Å². The van der Waals surface area contributed by atoms with Gasteiger partial charge in [0.05, 0.1) is 22.7 Å². The molecule has 0 spiro atoms. The molecule has 0 saturated heterocycles. The number of alkyl halides is 5. The van der Waals surface area contributed by atoms with Crippen molar-refractivity contribution in [3.05, 3.63) is 22.9 Å². The summed E-state index contributed by atoms with van der Waals surface area (Å²) in [5.74, 6) is -0.827. The molecule has 4 N–H and O–H groups in total. The number of nitrogens with two attached hydrogens (primary N) is 1. The average Bonchev–Trinajstić information content (AvgIpc) is 2.32. The number of nitrogens with one attached hydrogen (secondary N) is 2. The fraction of sp³-hybridized carbons (Fsp3) is 0.400. The lowest BCUT2D eigenvalue weighted by Crippen LogP contribution is -2.48. The monoisotopic (exact) mass is 365 g/mol. The van der Waals surface area contributed by atoms with E-state index >= 15 is 0 Å². The highest BCUT2D eigenvalue weighted by atomic mass is 35.5. The number of halogens is 6. The second-order valence-electron chi connectivity index (χ2n) is 4.01. The molecule has 118 valence electrons. The lowest BCUT2D eigenvalue weighted by Gasteiger charge is -2.33. The van der Waals surface area contributed by atoms with Crippen LogP contribution in [0.4, 0.5) is 18.0 Å². The van der Waals surface area contributed by atoms with Crippen molar-refractivity contribution in [3.8, 4) is 0 Å². The molecule has 5 nitrogen and oxygen atoms in total. The third-order valence-corrected chi connectivity index (χ3v) is 3.88. The Morgan fingerprint density at radius 1 is 1.43 bits per heavy atom. The first-order chi connectivity index (χ1) is 9.47. The SMILES string of the molecule is NC(=O)CNC(=O)NC1=CC(Cl)(C(F)(F)F)C(Cl)C=C1Cl. The largest absolute Gasteiger partial charge is 0.412 e. The summed E-state index contributed by atoms with van der Waals surface area (Å²) >= 11 is 16.8. The Morgan fingerprint density at radius 3 is 2.48 bits per heavy atom. The number of primary amides is 1. The summed E-state index contributed by atoms with van der Waals surface area (Å²) in [6.07, 6.45) is -3.52. The normalized spacial score (nSPS) is 25.7. The molecule has 2 unspecified atom stereocenters. The summed E-state index contributed by atoms with van der Waals surface area (Å²) in [5.41, 5.74) is 4.41. The van der Waals surface area contributed by atoms with Crippen molar-refractivity contribution in [1.29, 1.82) is 0 Å². The molecular formula is C10H9Cl3F3N3O2. The molecule has 21 heavy (non-hydrogen) atoms. The average molecular weight is 367 g/mol. The summed E-state index contributed by atoms with van der Waals surface area (Å²) in [5, 5.41) is 2.19. The van der Waals surface area contributed by atoms with Gasteiger partial charge < -0.3 is 16.4 Å². The molecule has 3 amide bonds. The molecule has 11 heteroatoms. The van der Waals surface area contributed by atoms with E-state index in [1.54, 1.807) is 0 Å². The predicted molar refractivity (Wildman–Crippen MR) is 72.0 cm³/mol. The summed E-state index contributed by atoms with van der Waals surface area (Å²) in [6, 6.07) is -0.971. The van der Waals surface area contributed by atoms with Crippen molar-refractivity contribution >= 4 is 46.7 Å². The standard InChI is InChI=1S/C10H9Cl3F3N3O2/c11-4-1-6(12)9(13,10(14,15)16)2-5(4)19-8(21)18-3-7(17)20/h1-2,6H,3H2,(H2,17,20)(H2,18,19,21). The van der Waals surface area contributed by atoms with Crippen LogP contribution in [0.5, 0.6) is 0 Å². The molecule has 0 heterocycles. The van der Waals surface area contributed by atoms with E-state index in [1.807, 2.05) is 10.6 Å². The molecule has 0 aliphatic heterocycles. The Morgan fingerprint density at radius 2 is 2.00 bits per heavy atom. The molecule has 0 aromatic carbocycles. The summed E-state index contributed by atoms with van der Waals surface area (Å²) < 4.78 is 38.8. The quantitative estimate of drug-likeness (QED) is 0.667. The maximum Gasteiger partial charge on any atom is 0.412 e. The van der Waals surface area contributed by atoms with Gasteiger partial charge in [0.2, 0.25) is 5.91 Å². The highest BCUT2D eigenvalue weighted by Gasteiger charge is 2.58. The van der Waals surface area contributed by atoms with Gasteiger partial charge in [-0.1, -0.05) is 11.6 Å². The highest BCUT2D eigenvalue weighted by Crippen LogP contribution is 2.46. The molecule has 1 aliphatic rings. The first-order valence-corrected chi connectivity index (χ1v) is 6.50. The van der Waals surface area contributed by atoms with Crippen LogP contribution in [0.2, 0.25) is 0 Å². The van der Waals surface area contributed by atoms with Crippen molar-refractivity contribution < 1.29 is 22.8 Å². The predicted octanol–water partition coefficient (Wildman–Crippen LogP) is 1.94. The molecule has 0 bridgehead atoms. The van der Waals surface area contributed by atoms with Gasteiger partial charge in [-0.2, -0.15) is 13.2 Å². The number of hydrogen-bond donors (Lipinski definition) is 3. The number of carbonyl (C=O) groups is 2. The number of urea groups is 1. The summed E-state index contributed by atoms with van der Waals surface area (Å²) in [7, 11) is 0. The van der Waals surface area contributed by atoms with Crippen LogP contribution in [0, 0.1) is 0 Å². The van der Waals surface area contributed by atoms with Crippen LogP contribution in [-0.4, -0.2) is 34.9 Å². The van der Waals surface area contributed by atoms with Crippen LogP contribution < -0.4 is 16.4 Å². The van der Waals surface area contributed by atoms with Gasteiger partial charge in [-0.3, -0.25) is 4.79 Å². The molecule has 0 radical (unpaired) electrons. The van der Waals surface area contributed by atoms with Gasteiger partial charge in [0, 0.05) is 0 Å². The number of allylic oxidation sites excluding steroid dienone is 3. The molecule has 0 aromatic rings. The van der Waals surface area contributed by atoms with Crippen molar-refractivity contribution in [2.75, 3.05) is 6.54 Å². The molecular weight excluding hydrogens is 357 g/mol. The zero-order valence-electron chi connectivity index (χ0n) is 10.1. The van der Waals surface area contributed by atoms with E-state index in [1.165, 1.54) is 0 Å². The third-order valence-electron chi connectivity index (χ3n) is 2.41. The molecule has 2 atom stereocenters. The molecule has 0 fully saturated rings. The van der Waals surface area contributed by atoms with E-state index in [2.05, 4.69) is 0 Å². The van der Waals surface area contributed by atoms with Gasteiger partial charge in [0.25, 0.3) is 0 Å². The fourth-order valence-electron chi connectivity index (χ4n) is 1.37. The third kappa shape index (κ3) is 4.18. The zero-order chi connectivity index (χ0) is 16.4. The van der Waals surface area contributed by atoms with E-state index in [-0.39, 0.29) is 10.7 Å². The summed E-state index contributed by atoms with van der Waals surface area (Å²) in [6.45, 7) is -0.496. The number of rotatable bonds is 3. The van der Waals surface area contributed by atoms with Crippen LogP contribution in [0.3, 0.4) is 0 Å². The zero-order valence-corrected chi connectivity index (χ0v) is 12.4. The molecule has 1 rings (SSSR count). The van der Waals surface area contributed by atoms with E-state index < -0.39 is 34.9 Å². The maximum atomic E-state index is 12.9. The van der Waals surface area contributed by atoms with Crippen molar-refractivity contribution in [1.82, 2.24) is 10.6 Å². The van der Waals surface area contributed by atoms with Crippen molar-refractivity contribution in [3.63, 3.8) is 0 Å². The van der Waals surface area contributed by atoms with Crippen molar-refractivity contribution in [2.24, 2.45) is 5.73 Å². The smallest absolute Gasteiger partial charge is 0.368 e. The highest BCUT2D eigenvalue weighted by molar-refractivity contribution is 6.38. The van der Waals surface area contributed by atoms with Gasteiger partial charge in [0.1, 0.15) is 0 Å². The fourth-order valence-corrected chi connectivity index (χ4v) is 2.14. The van der Waals surface area contributed by atoms with E-state index in [4.69, 9.17) is 40.5 Å². The number of amides is 3. The van der Waals surface area contributed by atoms with E-state index in [0.717, 1.165) is 6.08 Å². The molecule has 1 aliphatic carbocycles. The number of hydrogen-bond acceptors (Lipinski definition) is 2. The topological polar surface area (TPSA) is 84.2 Å². The van der Waals surface area contributed by atoms with Gasteiger partial charge in [-0.15, -0.1) is 23.2 Å². The van der Waals surface area contributed by atoms with Crippen LogP contribution in [0.15, 0.2) is 22.9 Å². The Kier molecular flexibility index (Phi) is 5.40. The van der Waals surface area contributed by atoms with Crippen LogP contribution >= 0.6 is 34.8 Å².